The molecule has 0 heterocycles. The van der Waals surface area contributed by atoms with Crippen molar-refractivity contribution < 1.29 is 9.90 Å². The van der Waals surface area contributed by atoms with Crippen LogP contribution >= 0.6 is 0 Å². The van der Waals surface area contributed by atoms with E-state index in [9.17, 15) is 9.90 Å². The molecule has 0 rings (SSSR count). The van der Waals surface area contributed by atoms with Gasteiger partial charge in [0, 0.05) is 0 Å². The summed E-state index contributed by atoms with van der Waals surface area (Å²) in [6, 6.07) is 0. The van der Waals surface area contributed by atoms with Crippen LogP contribution in [-0.2, 0) is 4.79 Å². The second-order valence-electron chi connectivity index (χ2n) is 2.77. The van der Waals surface area contributed by atoms with Crippen molar-refractivity contribution in [1.82, 2.24) is 0 Å². The second-order valence-corrected chi connectivity index (χ2v) is 2.77. The van der Waals surface area contributed by atoms with E-state index in [1.165, 1.54) is 12.5 Å². The summed E-state index contributed by atoms with van der Waals surface area (Å²) in [5.41, 5.74) is 0.901. The van der Waals surface area contributed by atoms with E-state index >= 15 is 0 Å². The molecular formula is C9H15O2-. The summed E-state index contributed by atoms with van der Waals surface area (Å²) in [6.45, 7) is 3.95. The van der Waals surface area contributed by atoms with Crippen LogP contribution in [0.4, 0.5) is 0 Å². The Morgan fingerprint density at radius 2 is 2.09 bits per heavy atom. The van der Waals surface area contributed by atoms with Gasteiger partial charge in [-0.25, -0.2) is 0 Å². The van der Waals surface area contributed by atoms with Gasteiger partial charge < -0.3 is 9.90 Å². The smallest absolute Gasteiger partial charge is 0.0642 e. The van der Waals surface area contributed by atoms with E-state index in [-0.39, 0.29) is 0 Å². The SMILES string of the molecule is CCCCC/C(C)=C/C(=O)[O-]. The van der Waals surface area contributed by atoms with E-state index in [4.69, 9.17) is 0 Å². The van der Waals surface area contributed by atoms with Crippen LogP contribution in [0.15, 0.2) is 11.6 Å². The minimum atomic E-state index is -1.08. The number of hydrogen-bond acceptors (Lipinski definition) is 2. The Bertz CT molecular complexity index is 148. The number of unbranched alkanes of at least 4 members (excludes halogenated alkanes) is 2. The normalized spacial score (nSPS) is 11.6. The zero-order chi connectivity index (χ0) is 8.69. The van der Waals surface area contributed by atoms with E-state index in [0.717, 1.165) is 24.8 Å². The van der Waals surface area contributed by atoms with Gasteiger partial charge in [-0.3, -0.25) is 0 Å². The predicted octanol–water partition coefficient (Wildman–Crippen LogP) is 1.26. The Morgan fingerprint density at radius 3 is 2.55 bits per heavy atom. The van der Waals surface area contributed by atoms with Crippen LogP contribution in [0.25, 0.3) is 0 Å². The number of carboxylic acids is 1. The third kappa shape index (κ3) is 7.10. The predicted molar refractivity (Wildman–Crippen MR) is 42.9 cm³/mol. The molecule has 2 heteroatoms. The van der Waals surface area contributed by atoms with Crippen molar-refractivity contribution in [2.24, 2.45) is 0 Å². The molecule has 0 aromatic heterocycles. The van der Waals surface area contributed by atoms with E-state index < -0.39 is 5.97 Å². The molecular weight excluding hydrogens is 140 g/mol. The van der Waals surface area contributed by atoms with Crippen LogP contribution in [0.2, 0.25) is 0 Å². The molecule has 0 radical (unpaired) electrons. The highest BCUT2D eigenvalue weighted by molar-refractivity contribution is 5.78. The fourth-order valence-electron chi connectivity index (χ4n) is 0.927. The van der Waals surface area contributed by atoms with Crippen molar-refractivity contribution in [3.63, 3.8) is 0 Å². The number of hydrogen-bond donors (Lipinski definition) is 0. The minimum Gasteiger partial charge on any atom is -0.545 e. The average Bonchev–Trinajstić information content (AvgIpc) is 1.86. The summed E-state index contributed by atoms with van der Waals surface area (Å²) < 4.78 is 0. The minimum absolute atomic E-state index is 0.877. The highest BCUT2D eigenvalue weighted by Gasteiger charge is 1.89. The maximum absolute atomic E-state index is 10.1. The van der Waals surface area contributed by atoms with Gasteiger partial charge in [0.2, 0.25) is 0 Å². The standard InChI is InChI=1S/C9H16O2/c1-3-4-5-6-8(2)7-9(10)11/h7H,3-6H2,1-2H3,(H,10,11)/p-1/b8-7+. The summed E-state index contributed by atoms with van der Waals surface area (Å²) in [5, 5.41) is 10.1. The lowest BCUT2D eigenvalue weighted by Crippen LogP contribution is -2.19. The Labute approximate surface area is 67.9 Å². The maximum Gasteiger partial charge on any atom is 0.0642 e. The molecule has 0 fully saturated rings. The third-order valence-corrected chi connectivity index (χ3v) is 1.54. The van der Waals surface area contributed by atoms with E-state index in [1.54, 1.807) is 0 Å². The molecule has 0 amide bonds. The molecule has 0 aliphatic heterocycles. The monoisotopic (exact) mass is 155 g/mol. The topological polar surface area (TPSA) is 40.1 Å². The van der Waals surface area contributed by atoms with Crippen molar-refractivity contribution >= 4 is 5.97 Å². The van der Waals surface area contributed by atoms with E-state index in [2.05, 4.69) is 6.92 Å². The van der Waals surface area contributed by atoms with Gasteiger partial charge in [0.15, 0.2) is 0 Å². The van der Waals surface area contributed by atoms with Crippen molar-refractivity contribution in [3.8, 4) is 0 Å². The number of carboxylic acid groups (broad SMARTS) is 1. The van der Waals surface area contributed by atoms with Gasteiger partial charge in [0.1, 0.15) is 0 Å². The van der Waals surface area contributed by atoms with Gasteiger partial charge in [0.05, 0.1) is 5.97 Å². The Hall–Kier alpha value is -0.790. The quantitative estimate of drug-likeness (QED) is 0.443. The number of rotatable bonds is 5. The molecule has 2 nitrogen and oxygen atoms in total. The van der Waals surface area contributed by atoms with Crippen LogP contribution in [0.3, 0.4) is 0 Å². The second kappa shape index (κ2) is 5.96. The number of allylic oxidation sites excluding steroid dienone is 1. The molecule has 64 valence electrons. The lowest BCUT2D eigenvalue weighted by Gasteiger charge is -2.00. The van der Waals surface area contributed by atoms with Gasteiger partial charge >= 0.3 is 0 Å². The first-order valence-corrected chi connectivity index (χ1v) is 4.05. The van der Waals surface area contributed by atoms with Gasteiger partial charge in [-0.2, -0.15) is 0 Å². The van der Waals surface area contributed by atoms with Crippen molar-refractivity contribution in [1.29, 1.82) is 0 Å². The molecule has 0 bridgehead atoms. The third-order valence-electron chi connectivity index (χ3n) is 1.54. The maximum atomic E-state index is 10.1. The fraction of sp³-hybridized carbons (Fsp3) is 0.667. The first kappa shape index (κ1) is 10.2. The van der Waals surface area contributed by atoms with Gasteiger partial charge in [-0.15, -0.1) is 0 Å². The van der Waals surface area contributed by atoms with Crippen LogP contribution in [0.1, 0.15) is 39.5 Å². The summed E-state index contributed by atoms with van der Waals surface area (Å²) in [4.78, 5) is 10.1. The molecule has 0 spiro atoms. The van der Waals surface area contributed by atoms with Crippen molar-refractivity contribution in [2.45, 2.75) is 39.5 Å². The summed E-state index contributed by atoms with van der Waals surface area (Å²) in [7, 11) is 0. The molecule has 0 unspecified atom stereocenters. The molecule has 0 atom stereocenters. The lowest BCUT2D eigenvalue weighted by molar-refractivity contribution is -0.297. The highest BCUT2D eigenvalue weighted by Crippen LogP contribution is 2.06. The molecule has 0 saturated heterocycles. The van der Waals surface area contributed by atoms with E-state index in [1.807, 2.05) is 6.92 Å². The van der Waals surface area contributed by atoms with Crippen LogP contribution in [0.5, 0.6) is 0 Å². The molecule has 0 aromatic rings. The number of carbonyl (C=O) groups is 1. The van der Waals surface area contributed by atoms with Crippen molar-refractivity contribution in [2.75, 3.05) is 0 Å². The van der Waals surface area contributed by atoms with Crippen LogP contribution < -0.4 is 5.11 Å². The first-order chi connectivity index (χ1) is 5.16. The zero-order valence-corrected chi connectivity index (χ0v) is 7.22. The van der Waals surface area contributed by atoms with Crippen LogP contribution in [-0.4, -0.2) is 5.97 Å². The Kier molecular flexibility index (Phi) is 5.53. The van der Waals surface area contributed by atoms with Gasteiger partial charge in [-0.1, -0.05) is 25.3 Å². The molecule has 0 aromatic carbocycles. The van der Waals surface area contributed by atoms with Gasteiger partial charge in [0.25, 0.3) is 0 Å². The lowest BCUT2D eigenvalue weighted by atomic mass is 10.1. The molecule has 0 saturated carbocycles. The van der Waals surface area contributed by atoms with Crippen molar-refractivity contribution in [3.05, 3.63) is 11.6 Å². The van der Waals surface area contributed by atoms with Gasteiger partial charge in [-0.05, 0) is 25.8 Å². The van der Waals surface area contributed by atoms with E-state index in [0.29, 0.717) is 0 Å². The van der Waals surface area contributed by atoms with Crippen LogP contribution in [0, 0.1) is 0 Å². The number of aliphatic carboxylic acids is 1. The molecule has 11 heavy (non-hydrogen) atoms. The molecule has 0 aliphatic rings. The Morgan fingerprint density at radius 1 is 1.45 bits per heavy atom. The largest absolute Gasteiger partial charge is 0.545 e. The summed E-state index contributed by atoms with van der Waals surface area (Å²) in [5.74, 6) is -1.08. The zero-order valence-electron chi connectivity index (χ0n) is 7.22. The fourth-order valence-corrected chi connectivity index (χ4v) is 0.927. The average molecular weight is 155 g/mol. The highest BCUT2D eigenvalue weighted by atomic mass is 16.4. The Balaban J connectivity index is 3.51. The first-order valence-electron chi connectivity index (χ1n) is 4.05. The number of carbonyl (C=O) groups excluding carboxylic acids is 1. The summed E-state index contributed by atoms with van der Waals surface area (Å²) >= 11 is 0. The molecule has 0 aliphatic carbocycles. The summed E-state index contributed by atoms with van der Waals surface area (Å²) in [6.07, 6.45) is 5.46. The molecule has 0 N–H and O–H groups in total.